The van der Waals surface area contributed by atoms with Gasteiger partial charge in [0.15, 0.2) is 0 Å². The van der Waals surface area contributed by atoms with Crippen LogP contribution in [0.2, 0.25) is 0 Å². The highest BCUT2D eigenvalue weighted by Gasteiger charge is 2.32. The van der Waals surface area contributed by atoms with Crippen LogP contribution in [0.15, 0.2) is 18.2 Å². The zero-order chi connectivity index (χ0) is 24.1. The molecule has 2 aliphatic heterocycles. The monoisotopic (exact) mass is 481 g/mol. The van der Waals surface area contributed by atoms with E-state index in [9.17, 15) is 22.8 Å². The number of alkyl halides is 3. The molecule has 0 aromatic heterocycles. The molecule has 0 unspecified atom stereocenters. The van der Waals surface area contributed by atoms with E-state index in [1.165, 1.54) is 12.5 Å². The van der Waals surface area contributed by atoms with Crippen molar-refractivity contribution in [1.82, 2.24) is 15.5 Å². The second kappa shape index (κ2) is 10.7. The van der Waals surface area contributed by atoms with E-state index in [0.717, 1.165) is 63.7 Å². The molecule has 1 saturated carbocycles. The molecule has 4 rings (SSSR count). The number of carbonyl (C=O) groups is 2. The summed E-state index contributed by atoms with van der Waals surface area (Å²) in [5.41, 5.74) is 0.0289. The molecule has 1 aromatic carbocycles. The van der Waals surface area contributed by atoms with E-state index >= 15 is 0 Å². The molecule has 0 bridgehead atoms. The summed E-state index contributed by atoms with van der Waals surface area (Å²) < 4.78 is 39.9. The number of hydrogen-bond acceptors (Lipinski definition) is 3. The third kappa shape index (κ3) is 6.27. The summed E-state index contributed by atoms with van der Waals surface area (Å²) in [5, 5.41) is 8.77. The maximum absolute atomic E-state index is 13.3. The van der Waals surface area contributed by atoms with E-state index in [-0.39, 0.29) is 23.8 Å². The number of amides is 4. The average molecular weight is 482 g/mol. The van der Waals surface area contributed by atoms with Gasteiger partial charge in [0.1, 0.15) is 0 Å². The Kier molecular flexibility index (Phi) is 7.73. The van der Waals surface area contributed by atoms with Gasteiger partial charge in [-0.25, -0.2) is 9.59 Å². The first-order valence-electron chi connectivity index (χ1n) is 12.4. The van der Waals surface area contributed by atoms with E-state index in [1.807, 2.05) is 4.90 Å². The van der Waals surface area contributed by atoms with Gasteiger partial charge in [-0.2, -0.15) is 13.2 Å². The van der Waals surface area contributed by atoms with Crippen LogP contribution < -0.4 is 20.9 Å². The lowest BCUT2D eigenvalue weighted by molar-refractivity contribution is -0.137. The fourth-order valence-corrected chi connectivity index (χ4v) is 5.13. The molecule has 2 saturated heterocycles. The number of piperidine rings is 1. The molecule has 34 heavy (non-hydrogen) atoms. The Morgan fingerprint density at radius 2 is 1.44 bits per heavy atom. The molecule has 0 radical (unpaired) electrons. The number of anilines is 2. The average Bonchev–Trinajstić information content (AvgIpc) is 3.34. The topological polar surface area (TPSA) is 76.7 Å². The Hall–Kier alpha value is -2.65. The molecule has 2 heterocycles. The summed E-state index contributed by atoms with van der Waals surface area (Å²) in [4.78, 5) is 28.8. The van der Waals surface area contributed by atoms with Gasteiger partial charge in [0.05, 0.1) is 16.9 Å². The molecule has 7 nitrogen and oxygen atoms in total. The molecular formula is C24H34F3N5O2. The first-order chi connectivity index (χ1) is 16.3. The minimum absolute atomic E-state index is 0.0265. The second-order valence-corrected chi connectivity index (χ2v) is 9.57. The summed E-state index contributed by atoms with van der Waals surface area (Å²) in [6.07, 6.45) is 4.22. The van der Waals surface area contributed by atoms with Gasteiger partial charge < -0.3 is 25.8 Å². The quantitative estimate of drug-likeness (QED) is 0.571. The number of benzene rings is 1. The van der Waals surface area contributed by atoms with Crippen LogP contribution in [0.25, 0.3) is 0 Å². The SMILES string of the molecule is O=C(NC1CCCCC1)NC1CCN(C(=O)Nc2cc(C(F)(F)F)ccc2N2CCCC2)CC1. The number of nitrogens with one attached hydrogen (secondary N) is 3. The Morgan fingerprint density at radius 1 is 0.824 bits per heavy atom. The highest BCUT2D eigenvalue weighted by Crippen LogP contribution is 2.36. The molecule has 0 atom stereocenters. The number of urea groups is 2. The molecule has 188 valence electrons. The zero-order valence-electron chi connectivity index (χ0n) is 19.4. The predicted molar refractivity (Wildman–Crippen MR) is 125 cm³/mol. The summed E-state index contributed by atoms with van der Waals surface area (Å²) in [6, 6.07) is 3.18. The lowest BCUT2D eigenvalue weighted by Gasteiger charge is -2.33. The molecule has 3 aliphatic rings. The van der Waals surface area contributed by atoms with Crippen LogP contribution in [-0.4, -0.2) is 55.2 Å². The Labute approximate surface area is 198 Å². The second-order valence-electron chi connectivity index (χ2n) is 9.57. The van der Waals surface area contributed by atoms with E-state index in [4.69, 9.17) is 0 Å². The van der Waals surface area contributed by atoms with E-state index in [2.05, 4.69) is 16.0 Å². The lowest BCUT2D eigenvalue weighted by Crippen LogP contribution is -2.51. The number of likely N-dealkylation sites (tertiary alicyclic amines) is 1. The van der Waals surface area contributed by atoms with Crippen LogP contribution in [0.3, 0.4) is 0 Å². The highest BCUT2D eigenvalue weighted by atomic mass is 19.4. The number of rotatable bonds is 4. The molecule has 3 fully saturated rings. The number of nitrogens with zero attached hydrogens (tertiary/aromatic N) is 2. The van der Waals surface area contributed by atoms with Crippen LogP contribution in [0.1, 0.15) is 63.4 Å². The molecule has 10 heteroatoms. The van der Waals surface area contributed by atoms with E-state index < -0.39 is 17.8 Å². The minimum Gasteiger partial charge on any atom is -0.370 e. The first kappa shape index (κ1) is 24.5. The molecule has 1 aliphatic carbocycles. The van der Waals surface area contributed by atoms with Crippen molar-refractivity contribution in [2.75, 3.05) is 36.4 Å². The fourth-order valence-electron chi connectivity index (χ4n) is 5.13. The number of hydrogen-bond donors (Lipinski definition) is 3. The molecule has 3 N–H and O–H groups in total. The largest absolute Gasteiger partial charge is 0.416 e. The molecule has 0 spiro atoms. The Balaban J connectivity index is 1.32. The molecule has 1 aromatic rings. The van der Waals surface area contributed by atoms with Gasteiger partial charge in [-0.1, -0.05) is 19.3 Å². The van der Waals surface area contributed by atoms with Gasteiger partial charge in [0.2, 0.25) is 0 Å². The first-order valence-corrected chi connectivity index (χ1v) is 12.4. The summed E-state index contributed by atoms with van der Waals surface area (Å²) in [7, 11) is 0. The fraction of sp³-hybridized carbons (Fsp3) is 0.667. The number of carbonyl (C=O) groups excluding carboxylic acids is 2. The van der Waals surface area contributed by atoms with Gasteiger partial charge in [-0.05, 0) is 56.7 Å². The third-order valence-electron chi connectivity index (χ3n) is 7.07. The maximum atomic E-state index is 13.3. The van der Waals surface area contributed by atoms with Crippen molar-refractivity contribution >= 4 is 23.4 Å². The minimum atomic E-state index is -4.48. The van der Waals surface area contributed by atoms with Gasteiger partial charge in [-0.15, -0.1) is 0 Å². The van der Waals surface area contributed by atoms with Crippen molar-refractivity contribution in [3.63, 3.8) is 0 Å². The molecule has 4 amide bonds. The van der Waals surface area contributed by atoms with Crippen molar-refractivity contribution in [1.29, 1.82) is 0 Å². The summed E-state index contributed by atoms with van der Waals surface area (Å²) >= 11 is 0. The van der Waals surface area contributed by atoms with Gasteiger partial charge >= 0.3 is 18.2 Å². The van der Waals surface area contributed by atoms with Crippen LogP contribution in [0, 0.1) is 0 Å². The van der Waals surface area contributed by atoms with Crippen molar-refractivity contribution < 1.29 is 22.8 Å². The highest BCUT2D eigenvalue weighted by molar-refractivity contribution is 5.93. The maximum Gasteiger partial charge on any atom is 0.416 e. The van der Waals surface area contributed by atoms with Crippen molar-refractivity contribution in [2.24, 2.45) is 0 Å². The van der Waals surface area contributed by atoms with Crippen LogP contribution >= 0.6 is 0 Å². The lowest BCUT2D eigenvalue weighted by atomic mass is 9.96. The van der Waals surface area contributed by atoms with Gasteiger partial charge in [0.25, 0.3) is 0 Å². The number of halogens is 3. The zero-order valence-corrected chi connectivity index (χ0v) is 19.4. The van der Waals surface area contributed by atoms with Crippen molar-refractivity contribution in [2.45, 2.75) is 76.0 Å². The standard InChI is InChI=1S/C24H34F3N5O2/c25-24(26,27)17-8-9-21(31-12-4-5-13-31)20(16-17)30-23(34)32-14-10-19(11-15-32)29-22(33)28-18-6-2-1-3-7-18/h8-9,16,18-19H,1-7,10-15H2,(H,30,34)(H2,28,29,33). The van der Waals surface area contributed by atoms with Crippen LogP contribution in [0.5, 0.6) is 0 Å². The molecular weight excluding hydrogens is 447 g/mol. The van der Waals surface area contributed by atoms with Gasteiger partial charge in [-0.3, -0.25) is 0 Å². The van der Waals surface area contributed by atoms with Crippen molar-refractivity contribution in [3.8, 4) is 0 Å². The Morgan fingerprint density at radius 3 is 2.06 bits per heavy atom. The smallest absolute Gasteiger partial charge is 0.370 e. The summed E-state index contributed by atoms with van der Waals surface area (Å²) in [5.74, 6) is 0. The van der Waals surface area contributed by atoms with Crippen LogP contribution in [-0.2, 0) is 6.18 Å². The van der Waals surface area contributed by atoms with Crippen LogP contribution in [0.4, 0.5) is 34.1 Å². The van der Waals surface area contributed by atoms with Crippen molar-refractivity contribution in [3.05, 3.63) is 23.8 Å². The Bertz CT molecular complexity index is 859. The normalized spacial score (nSPS) is 20.3. The predicted octanol–water partition coefficient (Wildman–Crippen LogP) is 4.93. The summed E-state index contributed by atoms with van der Waals surface area (Å²) in [6.45, 7) is 2.37. The van der Waals surface area contributed by atoms with Gasteiger partial charge in [0, 0.05) is 38.3 Å². The third-order valence-corrected chi connectivity index (χ3v) is 7.07. The van der Waals surface area contributed by atoms with E-state index in [1.54, 1.807) is 4.90 Å². The van der Waals surface area contributed by atoms with E-state index in [0.29, 0.717) is 31.6 Å².